The van der Waals surface area contributed by atoms with Gasteiger partial charge in [0.1, 0.15) is 11.2 Å². The number of likely N-dealkylation sites (tertiary alicyclic amines) is 1. The van der Waals surface area contributed by atoms with E-state index in [0.717, 1.165) is 51.3 Å². The molecule has 0 spiro atoms. The molecule has 0 bridgehead atoms. The molecule has 6 rings (SSSR count). The molecule has 2 aromatic rings. The molecule has 38 heavy (non-hydrogen) atoms. The van der Waals surface area contributed by atoms with Crippen LogP contribution in [0.1, 0.15) is 72.4 Å². The van der Waals surface area contributed by atoms with Crippen molar-refractivity contribution in [2.45, 2.75) is 63.6 Å². The van der Waals surface area contributed by atoms with Crippen molar-refractivity contribution in [3.63, 3.8) is 0 Å². The van der Waals surface area contributed by atoms with Gasteiger partial charge in [0.15, 0.2) is 0 Å². The van der Waals surface area contributed by atoms with Gasteiger partial charge in [-0.3, -0.25) is 28.9 Å². The Balaban J connectivity index is 1.15. The van der Waals surface area contributed by atoms with E-state index in [4.69, 9.17) is 4.74 Å². The highest BCUT2D eigenvalue weighted by Crippen LogP contribution is 2.42. The van der Waals surface area contributed by atoms with Gasteiger partial charge in [-0.25, -0.2) is 0 Å². The summed E-state index contributed by atoms with van der Waals surface area (Å²) < 4.78 is 7.40. The first-order chi connectivity index (χ1) is 18.3. The highest BCUT2D eigenvalue weighted by Gasteiger charge is 2.56. The Kier molecular flexibility index (Phi) is 6.34. The van der Waals surface area contributed by atoms with Gasteiger partial charge in [0.2, 0.25) is 5.91 Å². The zero-order valence-electron chi connectivity index (χ0n) is 22.3. The van der Waals surface area contributed by atoms with Crippen molar-refractivity contribution in [1.29, 1.82) is 0 Å². The Labute approximate surface area is 222 Å². The Morgan fingerprint density at radius 2 is 1.71 bits per heavy atom. The quantitative estimate of drug-likeness (QED) is 0.539. The van der Waals surface area contributed by atoms with Gasteiger partial charge in [0.25, 0.3) is 11.8 Å². The fraction of sp³-hybridized carbons (Fsp3) is 0.607. The molecule has 202 valence electrons. The second kappa shape index (κ2) is 9.57. The molecule has 1 aliphatic carbocycles. The summed E-state index contributed by atoms with van der Waals surface area (Å²) in [4.78, 5) is 46.2. The molecule has 0 N–H and O–H groups in total. The van der Waals surface area contributed by atoms with Crippen LogP contribution in [0.2, 0.25) is 0 Å². The Morgan fingerprint density at radius 1 is 1.05 bits per heavy atom. The first kappa shape index (κ1) is 25.2. The van der Waals surface area contributed by atoms with Gasteiger partial charge in [0.05, 0.1) is 36.1 Å². The normalized spacial score (nSPS) is 23.9. The smallest absolute Gasteiger partial charge is 0.262 e. The largest absolute Gasteiger partial charge is 0.379 e. The summed E-state index contributed by atoms with van der Waals surface area (Å²) in [5.74, 6) is -0.524. The average molecular weight is 521 g/mol. The van der Waals surface area contributed by atoms with Crippen LogP contribution < -0.4 is 0 Å². The van der Waals surface area contributed by atoms with Crippen LogP contribution in [-0.2, 0) is 21.6 Å². The maximum Gasteiger partial charge on any atom is 0.262 e. The van der Waals surface area contributed by atoms with Gasteiger partial charge in [-0.2, -0.15) is 0 Å². The molecule has 1 saturated carbocycles. The summed E-state index contributed by atoms with van der Waals surface area (Å²) in [7, 11) is 0. The Bertz CT molecular complexity index is 1210. The highest BCUT2D eigenvalue weighted by atomic mass is 16.5. The lowest BCUT2D eigenvalue weighted by Gasteiger charge is -2.39. The van der Waals surface area contributed by atoms with Crippen LogP contribution in [0.15, 0.2) is 30.5 Å². The van der Waals surface area contributed by atoms with E-state index in [1.807, 2.05) is 15.8 Å². The number of aromatic nitrogens is 3. The standard InChI is InChI=1S/C28H36N6O4/c1-27(2,32-13-15-38-16-14-32)23-19-33(30-29-23)18-20-9-12-31(17-20)26(37)28(10-5-6-11-28)34-24(35)21-7-3-4-8-22(21)25(34)36/h3-4,7-8,19-20H,5-6,9-18H2,1-2H3. The first-order valence-electron chi connectivity index (χ1n) is 13.8. The topological polar surface area (TPSA) is 101 Å². The number of benzene rings is 1. The number of hydrogen-bond acceptors (Lipinski definition) is 7. The summed E-state index contributed by atoms with van der Waals surface area (Å²) in [6, 6.07) is 6.89. The Morgan fingerprint density at radius 3 is 2.37 bits per heavy atom. The Hall–Kier alpha value is -3.11. The molecule has 0 radical (unpaired) electrons. The molecule has 4 heterocycles. The minimum absolute atomic E-state index is 0.0836. The molecule has 10 nitrogen and oxygen atoms in total. The number of hydrogen-bond donors (Lipinski definition) is 0. The summed E-state index contributed by atoms with van der Waals surface area (Å²) in [5, 5.41) is 8.91. The first-order valence-corrected chi connectivity index (χ1v) is 13.8. The number of ether oxygens (including phenoxy) is 1. The molecule has 1 aromatic heterocycles. The zero-order chi connectivity index (χ0) is 26.5. The van der Waals surface area contributed by atoms with Crippen molar-refractivity contribution in [3.8, 4) is 0 Å². The van der Waals surface area contributed by atoms with Crippen molar-refractivity contribution in [3.05, 3.63) is 47.3 Å². The molecule has 3 aliphatic heterocycles. The minimum Gasteiger partial charge on any atom is -0.379 e. The average Bonchev–Trinajstić information content (AvgIpc) is 3.73. The SMILES string of the molecule is CC(C)(c1cn(CC2CCN(C(=O)C3(N4C(=O)c5ccccc5C4=O)CCCC3)C2)nn1)N1CCOCC1. The van der Waals surface area contributed by atoms with Gasteiger partial charge in [-0.1, -0.05) is 30.2 Å². The molecule has 1 aromatic carbocycles. The van der Waals surface area contributed by atoms with Gasteiger partial charge in [0, 0.05) is 32.7 Å². The number of morpholine rings is 1. The number of carbonyl (C=O) groups is 3. The van der Waals surface area contributed by atoms with Crippen molar-refractivity contribution in [2.75, 3.05) is 39.4 Å². The van der Waals surface area contributed by atoms with Crippen molar-refractivity contribution >= 4 is 17.7 Å². The number of amides is 3. The third kappa shape index (κ3) is 4.05. The number of imide groups is 1. The molecular weight excluding hydrogens is 484 g/mol. The van der Waals surface area contributed by atoms with E-state index < -0.39 is 5.54 Å². The van der Waals surface area contributed by atoms with Crippen molar-refractivity contribution < 1.29 is 19.1 Å². The van der Waals surface area contributed by atoms with Crippen LogP contribution in [0.5, 0.6) is 0 Å². The van der Waals surface area contributed by atoms with E-state index in [-0.39, 0.29) is 29.2 Å². The third-order valence-electron chi connectivity index (χ3n) is 9.04. The zero-order valence-corrected chi connectivity index (χ0v) is 22.3. The maximum atomic E-state index is 14.0. The van der Waals surface area contributed by atoms with Gasteiger partial charge >= 0.3 is 0 Å². The number of nitrogens with zero attached hydrogens (tertiary/aromatic N) is 6. The van der Waals surface area contributed by atoms with E-state index in [2.05, 4.69) is 29.1 Å². The van der Waals surface area contributed by atoms with Crippen LogP contribution in [0, 0.1) is 5.92 Å². The highest BCUT2D eigenvalue weighted by molar-refractivity contribution is 6.23. The molecular formula is C28H36N6O4. The summed E-state index contributed by atoms with van der Waals surface area (Å²) in [6.45, 7) is 9.42. The molecule has 3 fully saturated rings. The fourth-order valence-electron chi connectivity index (χ4n) is 6.75. The van der Waals surface area contributed by atoms with Gasteiger partial charge in [-0.15, -0.1) is 5.10 Å². The van der Waals surface area contributed by atoms with E-state index in [1.165, 1.54) is 4.90 Å². The van der Waals surface area contributed by atoms with Gasteiger partial charge < -0.3 is 9.64 Å². The fourth-order valence-corrected chi connectivity index (χ4v) is 6.75. The second-order valence-electron chi connectivity index (χ2n) is 11.6. The third-order valence-corrected chi connectivity index (χ3v) is 9.04. The van der Waals surface area contributed by atoms with Crippen LogP contribution in [0.4, 0.5) is 0 Å². The van der Waals surface area contributed by atoms with Crippen molar-refractivity contribution in [1.82, 2.24) is 29.7 Å². The molecule has 3 amide bonds. The van der Waals surface area contributed by atoms with Crippen LogP contribution in [-0.4, -0.2) is 92.3 Å². The van der Waals surface area contributed by atoms with E-state index in [0.29, 0.717) is 43.6 Å². The lowest BCUT2D eigenvalue weighted by atomic mass is 9.92. The molecule has 2 saturated heterocycles. The van der Waals surface area contributed by atoms with Crippen LogP contribution in [0.3, 0.4) is 0 Å². The maximum absolute atomic E-state index is 14.0. The van der Waals surface area contributed by atoms with Crippen LogP contribution >= 0.6 is 0 Å². The predicted molar refractivity (Wildman–Crippen MR) is 138 cm³/mol. The lowest BCUT2D eigenvalue weighted by Crippen LogP contribution is -2.59. The second-order valence-corrected chi connectivity index (χ2v) is 11.6. The molecule has 10 heteroatoms. The molecule has 4 aliphatic rings. The van der Waals surface area contributed by atoms with Gasteiger partial charge in [-0.05, 0) is 51.2 Å². The summed E-state index contributed by atoms with van der Waals surface area (Å²) in [5.41, 5.74) is 0.419. The number of rotatable bonds is 6. The summed E-state index contributed by atoms with van der Waals surface area (Å²) >= 11 is 0. The van der Waals surface area contributed by atoms with E-state index >= 15 is 0 Å². The van der Waals surface area contributed by atoms with Crippen molar-refractivity contribution in [2.24, 2.45) is 5.92 Å². The lowest BCUT2D eigenvalue weighted by molar-refractivity contribution is -0.140. The molecule has 1 unspecified atom stereocenters. The summed E-state index contributed by atoms with van der Waals surface area (Å²) in [6.07, 6.45) is 5.60. The monoisotopic (exact) mass is 520 g/mol. The van der Waals surface area contributed by atoms with E-state index in [9.17, 15) is 14.4 Å². The molecule has 1 atom stereocenters. The number of carbonyl (C=O) groups excluding carboxylic acids is 3. The minimum atomic E-state index is -1.08. The number of fused-ring (bicyclic) bond motifs is 1. The van der Waals surface area contributed by atoms with E-state index in [1.54, 1.807) is 24.3 Å². The van der Waals surface area contributed by atoms with Crippen LogP contribution in [0.25, 0.3) is 0 Å². The predicted octanol–water partition coefficient (Wildman–Crippen LogP) is 2.30.